The van der Waals surface area contributed by atoms with E-state index in [0.717, 1.165) is 18.1 Å². The minimum Gasteiger partial charge on any atom is -0.378 e. The Balaban J connectivity index is 1.74. The van der Waals surface area contributed by atoms with Gasteiger partial charge in [0.2, 0.25) is 0 Å². The van der Waals surface area contributed by atoms with E-state index in [1.165, 1.54) is 29.5 Å². The number of aryl methyl sites for hydroxylation is 2. The Hall–Kier alpha value is -2.47. The summed E-state index contributed by atoms with van der Waals surface area (Å²) in [5.41, 5.74) is 4.85. The van der Waals surface area contributed by atoms with Crippen molar-refractivity contribution in [3.8, 4) is 0 Å². The van der Waals surface area contributed by atoms with E-state index in [4.69, 9.17) is 4.74 Å². The lowest BCUT2D eigenvalue weighted by molar-refractivity contribution is 0.181. The third-order valence-corrected chi connectivity index (χ3v) is 4.78. The number of hydrogen-bond acceptors (Lipinski definition) is 5. The Morgan fingerprint density at radius 2 is 2.04 bits per heavy atom. The Kier molecular flexibility index (Phi) is 4.13. The SMILES string of the molecule is COCc1cc(N(Cc2ccc(C)c(C)c2)C2CC2)n2ncnc2n1. The van der Waals surface area contributed by atoms with Crippen molar-refractivity contribution >= 4 is 11.6 Å². The molecule has 1 aliphatic rings. The highest BCUT2D eigenvalue weighted by atomic mass is 16.5. The molecule has 2 aromatic heterocycles. The number of benzene rings is 1. The maximum Gasteiger partial charge on any atom is 0.254 e. The standard InChI is InChI=1S/C19H23N5O/c1-13-4-5-15(8-14(13)2)10-23(17-6-7-17)18-9-16(11-25-3)22-19-20-12-21-24(18)19/h4-5,8-9,12,17H,6-7,10-11H2,1-3H3. The minimum atomic E-state index is 0.471. The van der Waals surface area contributed by atoms with E-state index in [9.17, 15) is 0 Å². The number of ether oxygens (including phenoxy) is 1. The fraction of sp³-hybridized carbons (Fsp3) is 0.421. The van der Waals surface area contributed by atoms with Gasteiger partial charge in [0.15, 0.2) is 0 Å². The smallest absolute Gasteiger partial charge is 0.254 e. The highest BCUT2D eigenvalue weighted by molar-refractivity contribution is 5.50. The van der Waals surface area contributed by atoms with Gasteiger partial charge in [0, 0.05) is 25.8 Å². The molecule has 130 valence electrons. The van der Waals surface area contributed by atoms with Gasteiger partial charge in [0.05, 0.1) is 12.3 Å². The molecule has 0 N–H and O–H groups in total. The average Bonchev–Trinajstić information content (AvgIpc) is 3.33. The molecule has 6 nitrogen and oxygen atoms in total. The fourth-order valence-electron chi connectivity index (χ4n) is 3.15. The molecular formula is C19H23N5O. The van der Waals surface area contributed by atoms with Gasteiger partial charge in [-0.15, -0.1) is 0 Å². The van der Waals surface area contributed by atoms with E-state index >= 15 is 0 Å². The zero-order valence-electron chi connectivity index (χ0n) is 14.9. The normalized spacial score (nSPS) is 14.2. The summed E-state index contributed by atoms with van der Waals surface area (Å²) in [4.78, 5) is 11.2. The van der Waals surface area contributed by atoms with Crippen LogP contribution < -0.4 is 4.90 Å². The zero-order valence-corrected chi connectivity index (χ0v) is 14.9. The van der Waals surface area contributed by atoms with Crippen LogP contribution in [0.2, 0.25) is 0 Å². The van der Waals surface area contributed by atoms with Crippen LogP contribution in [0.15, 0.2) is 30.6 Å². The van der Waals surface area contributed by atoms with E-state index in [1.807, 2.05) is 4.52 Å². The van der Waals surface area contributed by atoms with Crippen LogP contribution in [0.3, 0.4) is 0 Å². The van der Waals surface area contributed by atoms with Crippen LogP contribution in [0.25, 0.3) is 5.78 Å². The minimum absolute atomic E-state index is 0.471. The number of fused-ring (bicyclic) bond motifs is 1. The Labute approximate surface area is 147 Å². The topological polar surface area (TPSA) is 55.6 Å². The summed E-state index contributed by atoms with van der Waals surface area (Å²) in [5, 5.41) is 4.38. The second kappa shape index (κ2) is 6.44. The van der Waals surface area contributed by atoms with Crippen molar-refractivity contribution in [2.75, 3.05) is 12.0 Å². The quantitative estimate of drug-likeness (QED) is 0.692. The zero-order chi connectivity index (χ0) is 17.4. The molecule has 0 bridgehead atoms. The molecule has 0 atom stereocenters. The van der Waals surface area contributed by atoms with E-state index in [2.05, 4.69) is 58.1 Å². The van der Waals surface area contributed by atoms with Gasteiger partial charge in [-0.2, -0.15) is 14.6 Å². The van der Waals surface area contributed by atoms with Crippen LogP contribution >= 0.6 is 0 Å². The molecule has 0 saturated heterocycles. The van der Waals surface area contributed by atoms with Gasteiger partial charge in [-0.25, -0.2) is 4.98 Å². The van der Waals surface area contributed by atoms with Crippen molar-refractivity contribution < 1.29 is 4.74 Å². The summed E-state index contributed by atoms with van der Waals surface area (Å²) in [6.45, 7) is 5.64. The monoisotopic (exact) mass is 337 g/mol. The summed E-state index contributed by atoms with van der Waals surface area (Å²) < 4.78 is 7.10. The molecule has 0 radical (unpaired) electrons. The van der Waals surface area contributed by atoms with Crippen molar-refractivity contribution in [3.05, 3.63) is 53.0 Å². The lowest BCUT2D eigenvalue weighted by Gasteiger charge is -2.25. The molecule has 4 rings (SSSR count). The predicted octanol–water partition coefficient (Wildman–Crippen LogP) is 3.06. The first kappa shape index (κ1) is 16.0. The van der Waals surface area contributed by atoms with Crippen LogP contribution in [0, 0.1) is 13.8 Å². The molecule has 0 aliphatic heterocycles. The van der Waals surface area contributed by atoms with Crippen LogP contribution in [0.1, 0.15) is 35.2 Å². The molecule has 0 spiro atoms. The molecule has 1 saturated carbocycles. The van der Waals surface area contributed by atoms with Gasteiger partial charge in [-0.05, 0) is 43.4 Å². The molecule has 1 fully saturated rings. The fourth-order valence-corrected chi connectivity index (χ4v) is 3.15. The predicted molar refractivity (Wildman–Crippen MR) is 96.6 cm³/mol. The average molecular weight is 337 g/mol. The van der Waals surface area contributed by atoms with Gasteiger partial charge < -0.3 is 9.64 Å². The van der Waals surface area contributed by atoms with E-state index in [0.29, 0.717) is 18.4 Å². The van der Waals surface area contributed by atoms with Crippen molar-refractivity contribution in [2.45, 2.75) is 45.9 Å². The van der Waals surface area contributed by atoms with Gasteiger partial charge in [-0.3, -0.25) is 0 Å². The van der Waals surface area contributed by atoms with Crippen molar-refractivity contribution in [3.63, 3.8) is 0 Å². The number of methoxy groups -OCH3 is 1. The van der Waals surface area contributed by atoms with Gasteiger partial charge in [-0.1, -0.05) is 18.2 Å². The molecule has 3 aromatic rings. The van der Waals surface area contributed by atoms with Crippen LogP contribution in [0.5, 0.6) is 0 Å². The lowest BCUT2D eigenvalue weighted by Crippen LogP contribution is -2.28. The summed E-state index contributed by atoms with van der Waals surface area (Å²) in [7, 11) is 1.68. The Bertz CT molecular complexity index is 900. The van der Waals surface area contributed by atoms with Crippen LogP contribution in [-0.4, -0.2) is 32.7 Å². The second-order valence-corrected chi connectivity index (χ2v) is 6.79. The maximum atomic E-state index is 5.27. The first-order chi connectivity index (χ1) is 12.2. The van der Waals surface area contributed by atoms with Gasteiger partial charge >= 0.3 is 0 Å². The number of aromatic nitrogens is 4. The first-order valence-electron chi connectivity index (χ1n) is 8.67. The van der Waals surface area contributed by atoms with Crippen LogP contribution in [0.4, 0.5) is 5.82 Å². The molecule has 0 amide bonds. The summed E-state index contributed by atoms with van der Waals surface area (Å²) in [5.74, 6) is 1.66. The first-order valence-corrected chi connectivity index (χ1v) is 8.67. The number of nitrogens with zero attached hydrogens (tertiary/aromatic N) is 5. The van der Waals surface area contributed by atoms with Gasteiger partial charge in [0.1, 0.15) is 12.1 Å². The Morgan fingerprint density at radius 3 is 2.76 bits per heavy atom. The molecule has 1 aromatic carbocycles. The third kappa shape index (κ3) is 3.22. The molecule has 2 heterocycles. The van der Waals surface area contributed by atoms with E-state index in [-0.39, 0.29) is 0 Å². The van der Waals surface area contributed by atoms with Crippen molar-refractivity contribution in [1.82, 2.24) is 19.6 Å². The summed E-state index contributed by atoms with van der Waals surface area (Å²) in [6, 6.07) is 9.31. The number of anilines is 1. The Morgan fingerprint density at radius 1 is 1.20 bits per heavy atom. The molecule has 6 heteroatoms. The highest BCUT2D eigenvalue weighted by Crippen LogP contribution is 2.33. The third-order valence-electron chi connectivity index (χ3n) is 4.78. The molecular weight excluding hydrogens is 314 g/mol. The van der Waals surface area contributed by atoms with Gasteiger partial charge in [0.25, 0.3) is 5.78 Å². The van der Waals surface area contributed by atoms with Crippen molar-refractivity contribution in [2.24, 2.45) is 0 Å². The summed E-state index contributed by atoms with van der Waals surface area (Å²) in [6.07, 6.45) is 3.98. The second-order valence-electron chi connectivity index (χ2n) is 6.79. The molecule has 25 heavy (non-hydrogen) atoms. The number of hydrogen-bond donors (Lipinski definition) is 0. The maximum absolute atomic E-state index is 5.27. The summed E-state index contributed by atoms with van der Waals surface area (Å²) >= 11 is 0. The number of rotatable bonds is 6. The highest BCUT2D eigenvalue weighted by Gasteiger charge is 2.31. The lowest BCUT2D eigenvalue weighted by atomic mass is 10.1. The molecule has 0 unspecified atom stereocenters. The van der Waals surface area contributed by atoms with E-state index < -0.39 is 0 Å². The largest absolute Gasteiger partial charge is 0.378 e. The van der Waals surface area contributed by atoms with Crippen molar-refractivity contribution in [1.29, 1.82) is 0 Å². The van der Waals surface area contributed by atoms with E-state index in [1.54, 1.807) is 13.4 Å². The van der Waals surface area contributed by atoms with Crippen LogP contribution in [-0.2, 0) is 17.9 Å². The molecule has 1 aliphatic carbocycles.